The second kappa shape index (κ2) is 8.75. The van der Waals surface area contributed by atoms with Crippen molar-refractivity contribution in [3.63, 3.8) is 0 Å². The Morgan fingerprint density at radius 3 is 2.42 bits per heavy atom. The Morgan fingerprint density at radius 2 is 1.77 bits per heavy atom. The number of ether oxygens (including phenoxy) is 1. The topological polar surface area (TPSA) is 76.4 Å². The molecule has 162 valence electrons. The summed E-state index contributed by atoms with van der Waals surface area (Å²) in [6, 6.07) is 11.7. The van der Waals surface area contributed by atoms with Gasteiger partial charge in [0.15, 0.2) is 11.4 Å². The molecule has 1 fully saturated rings. The van der Waals surface area contributed by atoms with Crippen LogP contribution in [0.2, 0.25) is 0 Å². The molecule has 0 atom stereocenters. The van der Waals surface area contributed by atoms with Crippen LogP contribution in [0.4, 0.5) is 5.82 Å². The van der Waals surface area contributed by atoms with E-state index in [-0.39, 0.29) is 11.8 Å². The number of hydrogen-bond donors (Lipinski definition) is 0. The highest BCUT2D eigenvalue weighted by Gasteiger charge is 2.28. The standard InChI is InChI=1S/C23H28N6O2/c1-16(2)22-24-17(3)14-20(25-22)27-10-12-28(13-11-27)23(30)21-19(31-4)15-29(26-21)18-8-6-5-7-9-18/h5-9,14-16H,10-13H2,1-4H3. The first-order valence-electron chi connectivity index (χ1n) is 10.5. The van der Waals surface area contributed by atoms with Gasteiger partial charge in [-0.3, -0.25) is 4.79 Å². The van der Waals surface area contributed by atoms with Crippen LogP contribution in [0.25, 0.3) is 5.69 Å². The molecule has 0 aliphatic carbocycles. The monoisotopic (exact) mass is 420 g/mol. The van der Waals surface area contributed by atoms with Gasteiger partial charge in [-0.1, -0.05) is 32.0 Å². The zero-order valence-corrected chi connectivity index (χ0v) is 18.4. The molecule has 0 spiro atoms. The van der Waals surface area contributed by atoms with Crippen molar-refractivity contribution in [2.24, 2.45) is 0 Å². The van der Waals surface area contributed by atoms with Gasteiger partial charge in [-0.15, -0.1) is 0 Å². The molecule has 3 aromatic rings. The summed E-state index contributed by atoms with van der Waals surface area (Å²) < 4.78 is 7.12. The molecule has 0 unspecified atom stereocenters. The van der Waals surface area contributed by atoms with Crippen molar-refractivity contribution in [2.75, 3.05) is 38.2 Å². The van der Waals surface area contributed by atoms with Gasteiger partial charge in [0.1, 0.15) is 11.6 Å². The number of piperazine rings is 1. The van der Waals surface area contributed by atoms with Crippen LogP contribution in [0.3, 0.4) is 0 Å². The molecule has 1 saturated heterocycles. The van der Waals surface area contributed by atoms with Crippen LogP contribution in [0, 0.1) is 6.92 Å². The molecule has 0 bridgehead atoms. The average molecular weight is 421 g/mol. The van der Waals surface area contributed by atoms with E-state index in [0.717, 1.165) is 23.0 Å². The molecule has 0 saturated carbocycles. The summed E-state index contributed by atoms with van der Waals surface area (Å²) in [7, 11) is 1.56. The normalized spacial score (nSPS) is 14.2. The number of carbonyl (C=O) groups excluding carboxylic acids is 1. The molecule has 0 radical (unpaired) electrons. The van der Waals surface area contributed by atoms with Gasteiger partial charge in [0.2, 0.25) is 0 Å². The van der Waals surface area contributed by atoms with Crippen molar-refractivity contribution in [3.05, 3.63) is 59.8 Å². The highest BCUT2D eigenvalue weighted by atomic mass is 16.5. The summed E-state index contributed by atoms with van der Waals surface area (Å²) in [6.45, 7) is 8.80. The number of aromatic nitrogens is 4. The van der Waals surface area contributed by atoms with E-state index in [1.165, 1.54) is 0 Å². The molecule has 3 heterocycles. The SMILES string of the molecule is COc1cn(-c2ccccc2)nc1C(=O)N1CCN(c2cc(C)nc(C(C)C)n2)CC1. The van der Waals surface area contributed by atoms with E-state index in [4.69, 9.17) is 9.72 Å². The van der Waals surface area contributed by atoms with E-state index in [2.05, 4.69) is 28.8 Å². The van der Waals surface area contributed by atoms with Gasteiger partial charge >= 0.3 is 0 Å². The van der Waals surface area contributed by atoms with Crippen molar-refractivity contribution in [1.82, 2.24) is 24.6 Å². The Morgan fingerprint density at radius 1 is 1.06 bits per heavy atom. The van der Waals surface area contributed by atoms with Crippen LogP contribution in [-0.4, -0.2) is 63.8 Å². The number of methoxy groups -OCH3 is 1. The van der Waals surface area contributed by atoms with Crippen LogP contribution < -0.4 is 9.64 Å². The van der Waals surface area contributed by atoms with Crippen molar-refractivity contribution in [2.45, 2.75) is 26.7 Å². The number of amides is 1. The molecule has 1 aliphatic rings. The maximum absolute atomic E-state index is 13.2. The third-order valence-corrected chi connectivity index (χ3v) is 5.39. The molecule has 8 nitrogen and oxygen atoms in total. The fraction of sp³-hybridized carbons (Fsp3) is 0.391. The number of rotatable bonds is 5. The van der Waals surface area contributed by atoms with Crippen LogP contribution in [0.15, 0.2) is 42.6 Å². The minimum atomic E-state index is -0.118. The fourth-order valence-corrected chi connectivity index (χ4v) is 3.65. The highest BCUT2D eigenvalue weighted by molar-refractivity contribution is 5.95. The smallest absolute Gasteiger partial charge is 0.278 e. The molecule has 0 N–H and O–H groups in total. The number of anilines is 1. The van der Waals surface area contributed by atoms with Gasteiger partial charge in [0, 0.05) is 43.9 Å². The fourth-order valence-electron chi connectivity index (χ4n) is 3.65. The lowest BCUT2D eigenvalue weighted by atomic mass is 10.2. The summed E-state index contributed by atoms with van der Waals surface area (Å²) >= 11 is 0. The van der Waals surface area contributed by atoms with Crippen LogP contribution in [0.5, 0.6) is 5.75 Å². The number of carbonyl (C=O) groups is 1. The molecule has 2 aromatic heterocycles. The van der Waals surface area contributed by atoms with Crippen molar-refractivity contribution in [3.8, 4) is 11.4 Å². The lowest BCUT2D eigenvalue weighted by molar-refractivity contribution is 0.0736. The summed E-state index contributed by atoms with van der Waals surface area (Å²) in [4.78, 5) is 26.5. The Bertz CT molecular complexity index is 1060. The molecular formula is C23H28N6O2. The van der Waals surface area contributed by atoms with Gasteiger partial charge in [-0.25, -0.2) is 14.6 Å². The first kappa shape index (κ1) is 20.8. The van der Waals surface area contributed by atoms with E-state index >= 15 is 0 Å². The molecule has 31 heavy (non-hydrogen) atoms. The zero-order chi connectivity index (χ0) is 22.0. The van der Waals surface area contributed by atoms with Crippen molar-refractivity contribution < 1.29 is 9.53 Å². The first-order chi connectivity index (χ1) is 15.0. The van der Waals surface area contributed by atoms with E-state index in [1.54, 1.807) is 18.0 Å². The zero-order valence-electron chi connectivity index (χ0n) is 18.4. The van der Waals surface area contributed by atoms with Gasteiger partial charge in [-0.05, 0) is 19.1 Å². The number of hydrogen-bond acceptors (Lipinski definition) is 6. The van der Waals surface area contributed by atoms with E-state index in [0.29, 0.717) is 37.6 Å². The average Bonchev–Trinajstić information content (AvgIpc) is 3.23. The van der Waals surface area contributed by atoms with Crippen molar-refractivity contribution in [1.29, 1.82) is 0 Å². The van der Waals surface area contributed by atoms with Gasteiger partial charge < -0.3 is 14.5 Å². The summed E-state index contributed by atoms with van der Waals surface area (Å²) in [6.07, 6.45) is 1.75. The Labute approximate surface area is 182 Å². The Hall–Kier alpha value is -3.42. The van der Waals surface area contributed by atoms with Crippen LogP contribution in [-0.2, 0) is 0 Å². The quantitative estimate of drug-likeness (QED) is 0.631. The highest BCUT2D eigenvalue weighted by Crippen LogP contribution is 2.23. The minimum Gasteiger partial charge on any atom is -0.493 e. The molecule has 1 aliphatic heterocycles. The molecule has 8 heteroatoms. The van der Waals surface area contributed by atoms with E-state index < -0.39 is 0 Å². The van der Waals surface area contributed by atoms with E-state index in [1.807, 2.05) is 48.2 Å². The second-order valence-electron chi connectivity index (χ2n) is 7.99. The van der Waals surface area contributed by atoms with Crippen LogP contribution in [0.1, 0.15) is 41.8 Å². The van der Waals surface area contributed by atoms with Gasteiger partial charge in [-0.2, -0.15) is 5.10 Å². The largest absolute Gasteiger partial charge is 0.493 e. The van der Waals surface area contributed by atoms with Crippen molar-refractivity contribution >= 4 is 11.7 Å². The third kappa shape index (κ3) is 4.38. The summed E-state index contributed by atoms with van der Waals surface area (Å²) in [5.74, 6) is 2.41. The first-order valence-corrected chi connectivity index (χ1v) is 10.5. The second-order valence-corrected chi connectivity index (χ2v) is 7.99. The predicted octanol–water partition coefficient (Wildman–Crippen LogP) is 3.07. The maximum Gasteiger partial charge on any atom is 0.278 e. The number of nitrogens with zero attached hydrogens (tertiary/aromatic N) is 6. The summed E-state index contributed by atoms with van der Waals surface area (Å²) in [5.41, 5.74) is 2.17. The van der Waals surface area contributed by atoms with E-state index in [9.17, 15) is 4.79 Å². The molecule has 4 rings (SSSR count). The number of aryl methyl sites for hydroxylation is 1. The van der Waals surface area contributed by atoms with Gasteiger partial charge in [0.25, 0.3) is 5.91 Å². The number of para-hydroxylation sites is 1. The van der Waals surface area contributed by atoms with Gasteiger partial charge in [0.05, 0.1) is 19.0 Å². The molecule has 1 aromatic carbocycles. The third-order valence-electron chi connectivity index (χ3n) is 5.39. The lowest BCUT2D eigenvalue weighted by Crippen LogP contribution is -2.49. The molecular weight excluding hydrogens is 392 g/mol. The number of benzene rings is 1. The Kier molecular flexibility index (Phi) is 5.88. The van der Waals surface area contributed by atoms with Crippen LogP contribution >= 0.6 is 0 Å². The lowest BCUT2D eigenvalue weighted by Gasteiger charge is -2.35. The minimum absolute atomic E-state index is 0.118. The summed E-state index contributed by atoms with van der Waals surface area (Å²) in [5, 5.41) is 4.51. The Balaban J connectivity index is 1.48. The molecule has 1 amide bonds. The predicted molar refractivity (Wildman–Crippen MR) is 119 cm³/mol. The maximum atomic E-state index is 13.2.